The molecule has 1 heterocycles. The lowest BCUT2D eigenvalue weighted by Crippen LogP contribution is -2.08. The molecule has 0 aliphatic carbocycles. The third kappa shape index (κ3) is 4.24. The maximum absolute atomic E-state index is 11.0. The highest BCUT2D eigenvalue weighted by molar-refractivity contribution is 5.90. The molecular weight excluding hydrogens is 332 g/mol. The molecule has 134 valence electrons. The minimum absolute atomic E-state index is 0.0242. The van der Waals surface area contributed by atoms with Crippen LogP contribution < -0.4 is 10.1 Å². The number of hydrogen-bond acceptors (Lipinski definition) is 6. The lowest BCUT2D eigenvalue weighted by molar-refractivity contribution is -0.384. The molecule has 1 aromatic heterocycles. The van der Waals surface area contributed by atoms with Crippen molar-refractivity contribution in [3.8, 4) is 5.75 Å². The van der Waals surface area contributed by atoms with Crippen LogP contribution in [0.5, 0.6) is 5.75 Å². The topological polar surface area (TPSA) is 90.2 Å². The molecule has 0 aliphatic heterocycles. The fourth-order valence-electron chi connectivity index (χ4n) is 2.63. The number of nitro groups is 1. The van der Waals surface area contributed by atoms with Crippen LogP contribution in [0.15, 0.2) is 48.8 Å². The summed E-state index contributed by atoms with van der Waals surface area (Å²) in [4.78, 5) is 18.9. The van der Waals surface area contributed by atoms with Crippen LogP contribution in [0.25, 0.3) is 10.9 Å². The summed E-state index contributed by atoms with van der Waals surface area (Å²) >= 11 is 0. The second kappa shape index (κ2) is 7.77. The van der Waals surface area contributed by atoms with E-state index in [9.17, 15) is 10.1 Å². The van der Waals surface area contributed by atoms with Crippen molar-refractivity contribution in [3.63, 3.8) is 0 Å². The Morgan fingerprint density at radius 3 is 2.62 bits per heavy atom. The van der Waals surface area contributed by atoms with E-state index < -0.39 is 4.92 Å². The SMILES string of the molecule is CC(C)Oc1ccc(CCNc2ncnc3ccc([N+](=O)[O-])cc23)cc1. The Balaban J connectivity index is 1.68. The van der Waals surface area contributed by atoms with Gasteiger partial charge >= 0.3 is 0 Å². The van der Waals surface area contributed by atoms with Crippen molar-refractivity contribution in [1.29, 1.82) is 0 Å². The molecule has 0 amide bonds. The minimum Gasteiger partial charge on any atom is -0.491 e. The Bertz CT molecular complexity index is 910. The summed E-state index contributed by atoms with van der Waals surface area (Å²) in [6, 6.07) is 12.5. The van der Waals surface area contributed by atoms with Gasteiger partial charge in [-0.05, 0) is 44.0 Å². The van der Waals surface area contributed by atoms with Gasteiger partial charge in [0.25, 0.3) is 5.69 Å². The van der Waals surface area contributed by atoms with E-state index in [0.717, 1.165) is 17.7 Å². The summed E-state index contributed by atoms with van der Waals surface area (Å²) in [5.41, 5.74) is 1.86. The summed E-state index contributed by atoms with van der Waals surface area (Å²) < 4.78 is 5.63. The number of hydrogen-bond donors (Lipinski definition) is 1. The lowest BCUT2D eigenvalue weighted by atomic mass is 10.1. The van der Waals surface area contributed by atoms with E-state index in [2.05, 4.69) is 15.3 Å². The summed E-state index contributed by atoms with van der Waals surface area (Å²) in [5, 5.41) is 14.9. The number of non-ortho nitro benzene ring substituents is 1. The third-order valence-corrected chi connectivity index (χ3v) is 3.83. The molecule has 26 heavy (non-hydrogen) atoms. The van der Waals surface area contributed by atoms with Crippen molar-refractivity contribution >= 4 is 22.4 Å². The van der Waals surface area contributed by atoms with Gasteiger partial charge in [-0.15, -0.1) is 0 Å². The predicted molar refractivity (Wildman–Crippen MR) is 101 cm³/mol. The largest absolute Gasteiger partial charge is 0.491 e. The van der Waals surface area contributed by atoms with Crippen molar-refractivity contribution in [3.05, 3.63) is 64.5 Å². The Hall–Kier alpha value is -3.22. The molecule has 0 atom stereocenters. The highest BCUT2D eigenvalue weighted by atomic mass is 16.6. The molecule has 0 bridgehead atoms. The Morgan fingerprint density at radius 1 is 1.15 bits per heavy atom. The molecule has 0 spiro atoms. The van der Waals surface area contributed by atoms with Crippen LogP contribution in [0, 0.1) is 10.1 Å². The first-order chi connectivity index (χ1) is 12.5. The molecular formula is C19H20N4O3. The number of fused-ring (bicyclic) bond motifs is 1. The van der Waals surface area contributed by atoms with Crippen molar-refractivity contribution in [2.24, 2.45) is 0 Å². The number of rotatable bonds is 7. The molecule has 3 aromatic rings. The van der Waals surface area contributed by atoms with Crippen molar-refractivity contribution < 1.29 is 9.66 Å². The van der Waals surface area contributed by atoms with Gasteiger partial charge in [0.1, 0.15) is 17.9 Å². The smallest absolute Gasteiger partial charge is 0.270 e. The number of anilines is 1. The number of nitro benzene ring substituents is 1. The van der Waals surface area contributed by atoms with Gasteiger partial charge in [0.2, 0.25) is 0 Å². The van der Waals surface area contributed by atoms with Gasteiger partial charge in [-0.1, -0.05) is 12.1 Å². The minimum atomic E-state index is -0.420. The lowest BCUT2D eigenvalue weighted by Gasteiger charge is -2.11. The molecule has 0 aliphatic rings. The van der Waals surface area contributed by atoms with Gasteiger partial charge in [0.15, 0.2) is 0 Å². The Labute approximate surface area is 151 Å². The number of ether oxygens (including phenoxy) is 1. The molecule has 0 saturated carbocycles. The highest BCUT2D eigenvalue weighted by Gasteiger charge is 2.10. The summed E-state index contributed by atoms with van der Waals surface area (Å²) in [7, 11) is 0. The van der Waals surface area contributed by atoms with Gasteiger partial charge in [0, 0.05) is 24.1 Å². The molecule has 7 nitrogen and oxygen atoms in total. The van der Waals surface area contributed by atoms with Crippen molar-refractivity contribution in [2.75, 3.05) is 11.9 Å². The van der Waals surface area contributed by atoms with Crippen LogP contribution in [-0.2, 0) is 6.42 Å². The first kappa shape index (κ1) is 17.6. The van der Waals surface area contributed by atoms with Gasteiger partial charge in [-0.2, -0.15) is 0 Å². The first-order valence-electron chi connectivity index (χ1n) is 8.41. The van der Waals surface area contributed by atoms with E-state index in [1.54, 1.807) is 6.07 Å². The van der Waals surface area contributed by atoms with Gasteiger partial charge in [-0.3, -0.25) is 10.1 Å². The molecule has 0 saturated heterocycles. The van der Waals surface area contributed by atoms with Crippen molar-refractivity contribution in [1.82, 2.24) is 9.97 Å². The zero-order chi connectivity index (χ0) is 18.5. The van der Waals surface area contributed by atoms with E-state index in [-0.39, 0.29) is 11.8 Å². The molecule has 0 unspecified atom stereocenters. The number of benzene rings is 2. The molecule has 3 rings (SSSR count). The standard InChI is InChI=1S/C19H20N4O3/c1-13(2)26-16-6-3-14(4-7-16)9-10-20-19-17-11-15(23(24)25)5-8-18(17)21-12-22-19/h3-8,11-13H,9-10H2,1-2H3,(H,20,21,22). The number of nitrogens with one attached hydrogen (secondary N) is 1. The van der Waals surface area contributed by atoms with Gasteiger partial charge in [-0.25, -0.2) is 9.97 Å². The zero-order valence-corrected chi connectivity index (χ0v) is 14.7. The van der Waals surface area contributed by atoms with E-state index in [0.29, 0.717) is 23.3 Å². The van der Waals surface area contributed by atoms with E-state index >= 15 is 0 Å². The normalized spacial score (nSPS) is 10.9. The van der Waals surface area contributed by atoms with Gasteiger partial charge < -0.3 is 10.1 Å². The third-order valence-electron chi connectivity index (χ3n) is 3.83. The number of aromatic nitrogens is 2. The summed E-state index contributed by atoms with van der Waals surface area (Å²) in [5.74, 6) is 1.45. The maximum atomic E-state index is 11.0. The average molecular weight is 352 g/mol. The van der Waals surface area contributed by atoms with E-state index in [4.69, 9.17) is 4.74 Å². The van der Waals surface area contributed by atoms with E-state index in [1.165, 1.54) is 18.5 Å². The Kier molecular flexibility index (Phi) is 5.26. The average Bonchev–Trinajstić information content (AvgIpc) is 2.62. The van der Waals surface area contributed by atoms with Gasteiger partial charge in [0.05, 0.1) is 16.5 Å². The predicted octanol–water partition coefficient (Wildman–Crippen LogP) is 3.98. The fraction of sp³-hybridized carbons (Fsp3) is 0.263. The van der Waals surface area contributed by atoms with Crippen LogP contribution in [0.3, 0.4) is 0 Å². The molecule has 7 heteroatoms. The number of nitrogens with zero attached hydrogens (tertiary/aromatic N) is 3. The summed E-state index contributed by atoms with van der Waals surface area (Å²) in [6.45, 7) is 4.64. The zero-order valence-electron chi connectivity index (χ0n) is 14.7. The summed E-state index contributed by atoms with van der Waals surface area (Å²) in [6.07, 6.45) is 2.40. The monoisotopic (exact) mass is 352 g/mol. The highest BCUT2D eigenvalue weighted by Crippen LogP contribution is 2.24. The van der Waals surface area contributed by atoms with Crippen LogP contribution in [-0.4, -0.2) is 27.5 Å². The second-order valence-electron chi connectivity index (χ2n) is 6.17. The molecule has 0 radical (unpaired) electrons. The van der Waals surface area contributed by atoms with Crippen molar-refractivity contribution in [2.45, 2.75) is 26.4 Å². The molecule has 0 fully saturated rings. The quantitative estimate of drug-likeness (QED) is 0.511. The second-order valence-corrected chi connectivity index (χ2v) is 6.17. The van der Waals surface area contributed by atoms with Crippen LogP contribution in [0.2, 0.25) is 0 Å². The van der Waals surface area contributed by atoms with Crippen LogP contribution >= 0.6 is 0 Å². The van der Waals surface area contributed by atoms with E-state index in [1.807, 2.05) is 38.1 Å². The Morgan fingerprint density at radius 2 is 1.92 bits per heavy atom. The van der Waals surface area contributed by atoms with Crippen LogP contribution in [0.4, 0.5) is 11.5 Å². The molecule has 1 N–H and O–H groups in total. The first-order valence-corrected chi connectivity index (χ1v) is 8.41. The fourth-order valence-corrected chi connectivity index (χ4v) is 2.63. The van der Waals surface area contributed by atoms with Crippen LogP contribution in [0.1, 0.15) is 19.4 Å². The molecule has 2 aromatic carbocycles. The maximum Gasteiger partial charge on any atom is 0.270 e.